The van der Waals surface area contributed by atoms with Gasteiger partial charge in [0.05, 0.1) is 6.54 Å². The SMILES string of the molecule is CCC(N)CC(=O)NCC(=O)NC. The zero-order valence-corrected chi connectivity index (χ0v) is 8.09. The molecule has 2 amide bonds. The largest absolute Gasteiger partial charge is 0.358 e. The number of carbonyl (C=O) groups is 2. The first-order valence-electron chi connectivity index (χ1n) is 4.33. The molecule has 0 heterocycles. The van der Waals surface area contributed by atoms with Crippen LogP contribution in [0.3, 0.4) is 0 Å². The third kappa shape index (κ3) is 6.10. The van der Waals surface area contributed by atoms with Gasteiger partial charge in [0, 0.05) is 19.5 Å². The molecule has 0 aliphatic rings. The summed E-state index contributed by atoms with van der Waals surface area (Å²) in [6.45, 7) is 1.93. The molecule has 0 bridgehead atoms. The van der Waals surface area contributed by atoms with Crippen molar-refractivity contribution in [3.05, 3.63) is 0 Å². The van der Waals surface area contributed by atoms with Gasteiger partial charge in [-0.15, -0.1) is 0 Å². The number of carbonyl (C=O) groups excluding carboxylic acids is 2. The molecule has 0 aromatic rings. The van der Waals surface area contributed by atoms with Crippen LogP contribution < -0.4 is 16.4 Å². The molecular formula is C8H17N3O2. The summed E-state index contributed by atoms with van der Waals surface area (Å²) >= 11 is 0. The zero-order valence-electron chi connectivity index (χ0n) is 8.09. The van der Waals surface area contributed by atoms with Gasteiger partial charge in [0.2, 0.25) is 11.8 Å². The normalized spacial score (nSPS) is 11.9. The van der Waals surface area contributed by atoms with Crippen LogP contribution in [0.1, 0.15) is 19.8 Å². The van der Waals surface area contributed by atoms with Crippen LogP contribution in [0, 0.1) is 0 Å². The van der Waals surface area contributed by atoms with Crippen molar-refractivity contribution in [1.82, 2.24) is 10.6 Å². The second kappa shape index (κ2) is 6.42. The molecule has 5 nitrogen and oxygen atoms in total. The lowest BCUT2D eigenvalue weighted by Crippen LogP contribution is -2.37. The molecule has 76 valence electrons. The highest BCUT2D eigenvalue weighted by Crippen LogP contribution is 1.91. The van der Waals surface area contributed by atoms with E-state index < -0.39 is 0 Å². The molecule has 4 N–H and O–H groups in total. The van der Waals surface area contributed by atoms with Gasteiger partial charge >= 0.3 is 0 Å². The molecule has 0 rings (SSSR count). The predicted octanol–water partition coefficient (Wildman–Crippen LogP) is -1.02. The second-order valence-corrected chi connectivity index (χ2v) is 2.82. The Morgan fingerprint density at radius 1 is 1.38 bits per heavy atom. The van der Waals surface area contributed by atoms with Gasteiger partial charge in [-0.2, -0.15) is 0 Å². The van der Waals surface area contributed by atoms with Crippen LogP contribution in [0.2, 0.25) is 0 Å². The Morgan fingerprint density at radius 2 is 2.00 bits per heavy atom. The Kier molecular flexibility index (Phi) is 5.88. The van der Waals surface area contributed by atoms with Crippen LogP contribution >= 0.6 is 0 Å². The number of nitrogens with one attached hydrogen (secondary N) is 2. The average Bonchev–Trinajstić information content (AvgIpc) is 2.13. The highest BCUT2D eigenvalue weighted by atomic mass is 16.2. The quantitative estimate of drug-likeness (QED) is 0.515. The molecule has 1 atom stereocenters. The van der Waals surface area contributed by atoms with Gasteiger partial charge < -0.3 is 16.4 Å². The van der Waals surface area contributed by atoms with Gasteiger partial charge in [-0.25, -0.2) is 0 Å². The molecule has 0 radical (unpaired) electrons. The Labute approximate surface area is 78.1 Å². The van der Waals surface area contributed by atoms with Gasteiger partial charge in [-0.3, -0.25) is 9.59 Å². The summed E-state index contributed by atoms with van der Waals surface area (Å²) < 4.78 is 0. The summed E-state index contributed by atoms with van der Waals surface area (Å²) in [6, 6.07) is -0.121. The molecule has 0 aliphatic carbocycles. The monoisotopic (exact) mass is 187 g/mol. The number of hydrogen-bond acceptors (Lipinski definition) is 3. The van der Waals surface area contributed by atoms with Gasteiger partial charge in [-0.05, 0) is 6.42 Å². The second-order valence-electron chi connectivity index (χ2n) is 2.82. The fourth-order valence-electron chi connectivity index (χ4n) is 0.722. The third-order valence-electron chi connectivity index (χ3n) is 1.70. The molecule has 5 heteroatoms. The van der Waals surface area contributed by atoms with Crippen molar-refractivity contribution in [3.8, 4) is 0 Å². The molecule has 0 aromatic heterocycles. The van der Waals surface area contributed by atoms with E-state index in [0.29, 0.717) is 0 Å². The predicted molar refractivity (Wildman–Crippen MR) is 50.0 cm³/mol. The maximum Gasteiger partial charge on any atom is 0.239 e. The summed E-state index contributed by atoms with van der Waals surface area (Å²) in [5, 5.41) is 4.87. The van der Waals surface area contributed by atoms with E-state index in [1.807, 2.05) is 6.92 Å². The highest BCUT2D eigenvalue weighted by molar-refractivity contribution is 5.84. The van der Waals surface area contributed by atoms with Crippen LogP contribution in [0.25, 0.3) is 0 Å². The van der Waals surface area contributed by atoms with Crippen molar-refractivity contribution in [2.45, 2.75) is 25.8 Å². The molecule has 0 spiro atoms. The van der Waals surface area contributed by atoms with Crippen molar-refractivity contribution in [3.63, 3.8) is 0 Å². The number of nitrogens with two attached hydrogens (primary N) is 1. The fourth-order valence-corrected chi connectivity index (χ4v) is 0.722. The number of amides is 2. The number of rotatable bonds is 5. The van der Waals surface area contributed by atoms with E-state index in [-0.39, 0.29) is 30.8 Å². The standard InChI is InChI=1S/C8H17N3O2/c1-3-6(9)4-7(12)11-5-8(13)10-2/h6H,3-5,9H2,1-2H3,(H,10,13)(H,11,12). The van der Waals surface area contributed by atoms with Gasteiger partial charge in [-0.1, -0.05) is 6.92 Å². The molecule has 0 saturated carbocycles. The van der Waals surface area contributed by atoms with Gasteiger partial charge in [0.15, 0.2) is 0 Å². The first-order valence-corrected chi connectivity index (χ1v) is 4.33. The Morgan fingerprint density at radius 3 is 2.46 bits per heavy atom. The maximum atomic E-state index is 11.1. The van der Waals surface area contributed by atoms with E-state index in [1.165, 1.54) is 7.05 Å². The van der Waals surface area contributed by atoms with Crippen LogP contribution in [-0.2, 0) is 9.59 Å². The third-order valence-corrected chi connectivity index (χ3v) is 1.70. The molecule has 0 aromatic carbocycles. The van der Waals surface area contributed by atoms with E-state index in [0.717, 1.165) is 6.42 Å². The highest BCUT2D eigenvalue weighted by Gasteiger charge is 2.07. The minimum absolute atomic E-state index is 0.0196. The summed E-state index contributed by atoms with van der Waals surface area (Å²) in [5.41, 5.74) is 5.55. The summed E-state index contributed by atoms with van der Waals surface area (Å²) in [6.07, 6.45) is 1.03. The van der Waals surface area contributed by atoms with Gasteiger partial charge in [0.25, 0.3) is 0 Å². The van der Waals surface area contributed by atoms with Crippen LogP contribution in [-0.4, -0.2) is 31.4 Å². The first kappa shape index (κ1) is 11.9. The van der Waals surface area contributed by atoms with E-state index in [2.05, 4.69) is 10.6 Å². The molecule has 1 unspecified atom stereocenters. The summed E-state index contributed by atoms with van der Waals surface area (Å²) in [7, 11) is 1.52. The van der Waals surface area contributed by atoms with Crippen molar-refractivity contribution >= 4 is 11.8 Å². The fraction of sp³-hybridized carbons (Fsp3) is 0.750. The smallest absolute Gasteiger partial charge is 0.239 e. The Balaban J connectivity index is 3.57. The number of hydrogen-bond donors (Lipinski definition) is 3. The lowest BCUT2D eigenvalue weighted by atomic mass is 10.1. The van der Waals surface area contributed by atoms with E-state index >= 15 is 0 Å². The van der Waals surface area contributed by atoms with Gasteiger partial charge in [0.1, 0.15) is 0 Å². The summed E-state index contributed by atoms with van der Waals surface area (Å²) in [4.78, 5) is 21.8. The zero-order chi connectivity index (χ0) is 10.3. The first-order chi connectivity index (χ1) is 6.10. The molecule has 0 saturated heterocycles. The number of likely N-dealkylation sites (N-methyl/N-ethyl adjacent to an activating group) is 1. The van der Waals surface area contributed by atoms with E-state index in [4.69, 9.17) is 5.73 Å². The lowest BCUT2D eigenvalue weighted by Gasteiger charge is -2.08. The maximum absolute atomic E-state index is 11.1. The topological polar surface area (TPSA) is 84.2 Å². The minimum atomic E-state index is -0.210. The van der Waals surface area contributed by atoms with Crippen molar-refractivity contribution in [2.75, 3.05) is 13.6 Å². The Bertz CT molecular complexity index is 182. The van der Waals surface area contributed by atoms with Crippen LogP contribution in [0.5, 0.6) is 0 Å². The van der Waals surface area contributed by atoms with Crippen molar-refractivity contribution in [2.24, 2.45) is 5.73 Å². The van der Waals surface area contributed by atoms with Crippen LogP contribution in [0.15, 0.2) is 0 Å². The molecule has 0 aliphatic heterocycles. The van der Waals surface area contributed by atoms with Crippen molar-refractivity contribution < 1.29 is 9.59 Å². The molecule has 13 heavy (non-hydrogen) atoms. The minimum Gasteiger partial charge on any atom is -0.358 e. The average molecular weight is 187 g/mol. The lowest BCUT2D eigenvalue weighted by molar-refractivity contribution is -0.126. The Hall–Kier alpha value is -1.10. The van der Waals surface area contributed by atoms with Crippen LogP contribution in [0.4, 0.5) is 0 Å². The van der Waals surface area contributed by atoms with Crippen molar-refractivity contribution in [1.29, 1.82) is 0 Å². The summed E-state index contributed by atoms with van der Waals surface area (Å²) in [5.74, 6) is -0.392. The molecular weight excluding hydrogens is 170 g/mol. The molecule has 0 fully saturated rings. The van der Waals surface area contributed by atoms with E-state index in [9.17, 15) is 9.59 Å². The van der Waals surface area contributed by atoms with E-state index in [1.54, 1.807) is 0 Å².